The van der Waals surface area contributed by atoms with Crippen LogP contribution < -0.4 is 4.90 Å². The van der Waals surface area contributed by atoms with Gasteiger partial charge in [-0.25, -0.2) is 9.59 Å². The molecular formula is C18H17N3O4. The number of carbonyl (C=O) groups is 2. The lowest BCUT2D eigenvalue weighted by Crippen LogP contribution is -2.47. The van der Waals surface area contributed by atoms with Crippen molar-refractivity contribution in [1.29, 1.82) is 0 Å². The molecule has 1 aromatic heterocycles. The van der Waals surface area contributed by atoms with E-state index in [4.69, 9.17) is 4.74 Å². The molecule has 1 fully saturated rings. The van der Waals surface area contributed by atoms with Crippen molar-refractivity contribution in [2.45, 2.75) is 18.6 Å². The summed E-state index contributed by atoms with van der Waals surface area (Å²) in [5.41, 5.74) is 1.53. The minimum absolute atomic E-state index is 0.143. The maximum Gasteiger partial charge on any atom is 0.415 e. The Balaban J connectivity index is 1.72. The van der Waals surface area contributed by atoms with E-state index in [2.05, 4.69) is 4.98 Å². The number of ether oxygens (including phenoxy) is 1. The van der Waals surface area contributed by atoms with Crippen molar-refractivity contribution >= 4 is 17.9 Å². The van der Waals surface area contributed by atoms with Gasteiger partial charge in [-0.2, -0.15) is 0 Å². The molecular weight excluding hydrogens is 322 g/mol. The number of likely N-dealkylation sites (tertiary alicyclic amines) is 1. The van der Waals surface area contributed by atoms with Crippen molar-refractivity contribution in [3.63, 3.8) is 0 Å². The molecule has 2 aromatic rings. The van der Waals surface area contributed by atoms with Crippen molar-refractivity contribution in [2.24, 2.45) is 0 Å². The Labute approximate surface area is 144 Å². The van der Waals surface area contributed by atoms with Crippen LogP contribution in [0.4, 0.5) is 15.3 Å². The van der Waals surface area contributed by atoms with Crippen LogP contribution >= 0.6 is 0 Å². The van der Waals surface area contributed by atoms with Gasteiger partial charge in [0.05, 0.1) is 25.0 Å². The van der Waals surface area contributed by atoms with Crippen LogP contribution in [-0.4, -0.2) is 40.3 Å². The van der Waals surface area contributed by atoms with Gasteiger partial charge in [0.15, 0.2) is 5.60 Å². The van der Waals surface area contributed by atoms with Gasteiger partial charge >= 0.3 is 12.2 Å². The van der Waals surface area contributed by atoms with Crippen molar-refractivity contribution < 1.29 is 19.4 Å². The quantitative estimate of drug-likeness (QED) is 0.910. The van der Waals surface area contributed by atoms with E-state index in [0.717, 1.165) is 11.1 Å². The molecule has 7 nitrogen and oxygen atoms in total. The number of carboxylic acid groups (broad SMARTS) is 1. The second kappa shape index (κ2) is 5.77. The van der Waals surface area contributed by atoms with Crippen molar-refractivity contribution in [1.82, 2.24) is 9.88 Å². The highest BCUT2D eigenvalue weighted by Gasteiger charge is 2.50. The van der Waals surface area contributed by atoms with Crippen LogP contribution in [0.25, 0.3) is 0 Å². The molecule has 4 rings (SSSR count). The van der Waals surface area contributed by atoms with Crippen LogP contribution in [0.2, 0.25) is 0 Å². The van der Waals surface area contributed by atoms with Gasteiger partial charge in [-0.1, -0.05) is 30.3 Å². The van der Waals surface area contributed by atoms with E-state index >= 15 is 0 Å². The summed E-state index contributed by atoms with van der Waals surface area (Å²) in [5.74, 6) is 0. The minimum Gasteiger partial charge on any atom is -0.465 e. The average Bonchev–Trinajstić information content (AvgIpc) is 3.05. The van der Waals surface area contributed by atoms with E-state index in [-0.39, 0.29) is 6.54 Å². The smallest absolute Gasteiger partial charge is 0.415 e. The fraction of sp³-hybridized carbons (Fsp3) is 0.278. The van der Waals surface area contributed by atoms with Gasteiger partial charge in [-0.15, -0.1) is 0 Å². The van der Waals surface area contributed by atoms with E-state index in [9.17, 15) is 14.7 Å². The number of hydrogen-bond donors (Lipinski definition) is 1. The topological polar surface area (TPSA) is 83.0 Å². The Morgan fingerprint density at radius 3 is 2.80 bits per heavy atom. The maximum absolute atomic E-state index is 12.7. The zero-order valence-corrected chi connectivity index (χ0v) is 13.5. The molecule has 1 N–H and O–H groups in total. The molecule has 7 heteroatoms. The second-order valence-electron chi connectivity index (χ2n) is 6.28. The second-order valence-corrected chi connectivity index (χ2v) is 6.28. The zero-order valence-electron chi connectivity index (χ0n) is 13.5. The van der Waals surface area contributed by atoms with E-state index in [1.165, 1.54) is 4.90 Å². The molecule has 1 spiro atoms. The number of nitrogens with zero attached hydrogens (tertiary/aromatic N) is 3. The lowest BCUT2D eigenvalue weighted by atomic mass is 9.90. The number of anilines is 1. The molecule has 128 valence electrons. The Kier molecular flexibility index (Phi) is 3.56. The summed E-state index contributed by atoms with van der Waals surface area (Å²) >= 11 is 0. The highest BCUT2D eigenvalue weighted by molar-refractivity contribution is 5.91. The number of rotatable bonds is 2. The first-order valence-electron chi connectivity index (χ1n) is 8.06. The van der Waals surface area contributed by atoms with Crippen LogP contribution in [-0.2, 0) is 16.9 Å². The normalized spacial score (nSPS) is 22.0. The van der Waals surface area contributed by atoms with Crippen molar-refractivity contribution in [2.75, 3.05) is 18.0 Å². The lowest BCUT2D eigenvalue weighted by Gasteiger charge is -2.39. The molecule has 2 aliphatic heterocycles. The molecule has 0 saturated carbocycles. The summed E-state index contributed by atoms with van der Waals surface area (Å²) in [6.45, 7) is 0.852. The number of fused-ring (bicyclic) bond motifs is 2. The van der Waals surface area contributed by atoms with Gasteiger partial charge in [0.25, 0.3) is 0 Å². The molecule has 3 heterocycles. The van der Waals surface area contributed by atoms with Crippen LogP contribution in [0.1, 0.15) is 17.5 Å². The molecule has 2 amide bonds. The third-order valence-electron chi connectivity index (χ3n) is 4.77. The van der Waals surface area contributed by atoms with Crippen LogP contribution in [0.15, 0.2) is 48.8 Å². The Hall–Kier alpha value is -3.09. The summed E-state index contributed by atoms with van der Waals surface area (Å²) in [6, 6.07) is 11.4. The number of aromatic nitrogens is 1. The third kappa shape index (κ3) is 2.57. The minimum atomic E-state index is -1.00. The van der Waals surface area contributed by atoms with Gasteiger partial charge in [-0.05, 0) is 11.6 Å². The van der Waals surface area contributed by atoms with Crippen molar-refractivity contribution in [3.05, 3.63) is 59.9 Å². The summed E-state index contributed by atoms with van der Waals surface area (Å²) in [5, 5.41) is 9.25. The highest BCUT2D eigenvalue weighted by Crippen LogP contribution is 2.44. The van der Waals surface area contributed by atoms with Gasteiger partial charge in [0, 0.05) is 24.7 Å². The van der Waals surface area contributed by atoms with Gasteiger partial charge in [-0.3, -0.25) is 9.88 Å². The largest absolute Gasteiger partial charge is 0.465 e. The highest BCUT2D eigenvalue weighted by atomic mass is 16.6. The predicted molar refractivity (Wildman–Crippen MR) is 89.2 cm³/mol. The Morgan fingerprint density at radius 1 is 1.28 bits per heavy atom. The summed E-state index contributed by atoms with van der Waals surface area (Å²) < 4.78 is 5.78. The van der Waals surface area contributed by atoms with Gasteiger partial charge in [0.2, 0.25) is 0 Å². The first-order chi connectivity index (χ1) is 12.1. The predicted octanol–water partition coefficient (Wildman–Crippen LogP) is 2.82. The van der Waals surface area contributed by atoms with Gasteiger partial charge in [0.1, 0.15) is 0 Å². The Morgan fingerprint density at radius 2 is 2.08 bits per heavy atom. The first-order valence-corrected chi connectivity index (χ1v) is 8.06. The van der Waals surface area contributed by atoms with Crippen LogP contribution in [0.5, 0.6) is 0 Å². The van der Waals surface area contributed by atoms with E-state index in [0.29, 0.717) is 25.2 Å². The number of hydrogen-bond acceptors (Lipinski definition) is 4. The number of pyridine rings is 1. The molecule has 1 aromatic carbocycles. The number of benzene rings is 1. The molecule has 0 bridgehead atoms. The lowest BCUT2D eigenvalue weighted by molar-refractivity contribution is 0.0130. The molecule has 0 aliphatic carbocycles. The molecule has 0 radical (unpaired) electrons. The molecule has 1 saturated heterocycles. The van der Waals surface area contributed by atoms with E-state index < -0.39 is 17.8 Å². The zero-order chi connectivity index (χ0) is 17.4. The van der Waals surface area contributed by atoms with Crippen LogP contribution in [0.3, 0.4) is 0 Å². The molecule has 1 atom stereocenters. The summed E-state index contributed by atoms with van der Waals surface area (Å²) in [7, 11) is 0. The third-order valence-corrected chi connectivity index (χ3v) is 4.77. The SMILES string of the molecule is O=C(O)N1CCC2(C1)OC(=O)N(Cc1ccccc1)c1cnccc12. The molecule has 2 aliphatic rings. The number of amides is 2. The maximum atomic E-state index is 12.7. The van der Waals surface area contributed by atoms with E-state index in [1.54, 1.807) is 17.3 Å². The average molecular weight is 339 g/mol. The fourth-order valence-corrected chi connectivity index (χ4v) is 3.53. The summed E-state index contributed by atoms with van der Waals surface area (Å²) in [6.07, 6.45) is 2.25. The first kappa shape index (κ1) is 15.4. The van der Waals surface area contributed by atoms with E-state index in [1.807, 2.05) is 36.4 Å². The summed E-state index contributed by atoms with van der Waals surface area (Å²) in [4.78, 5) is 31.0. The molecule has 1 unspecified atom stereocenters. The van der Waals surface area contributed by atoms with Gasteiger partial charge < -0.3 is 14.7 Å². The Bertz CT molecular complexity index is 826. The molecule has 25 heavy (non-hydrogen) atoms. The standard InChI is InChI=1S/C18H17N3O4/c22-16(23)20-9-7-18(12-20)14-6-8-19-10-15(14)21(17(24)25-18)11-13-4-2-1-3-5-13/h1-6,8,10H,7,9,11-12H2,(H,22,23). The van der Waals surface area contributed by atoms with Crippen LogP contribution in [0, 0.1) is 0 Å². The fourth-order valence-electron chi connectivity index (χ4n) is 3.53. The monoisotopic (exact) mass is 339 g/mol. The van der Waals surface area contributed by atoms with Crippen molar-refractivity contribution in [3.8, 4) is 0 Å². The number of carbonyl (C=O) groups excluding carboxylic acids is 1.